The molecule has 0 aliphatic heterocycles. The van der Waals surface area contributed by atoms with Gasteiger partial charge >= 0.3 is 0 Å². The Balaban J connectivity index is 1.69. The Labute approximate surface area is 189 Å². The molecule has 32 heavy (non-hydrogen) atoms. The average Bonchev–Trinajstić information content (AvgIpc) is 2.77. The standard InChI is InChI=1S/C25H28N2O4S/c1-18(2)27-32(29,30)22-14-15-23(19(3)16-22)31-17-24(28)26-25(20-10-6-4-7-11-20)21-12-8-5-9-13-21/h4-16,18,25,27H,17H2,1-3H3,(H,26,28). The molecule has 0 heterocycles. The fraction of sp³-hybridized carbons (Fsp3) is 0.240. The molecule has 0 saturated heterocycles. The number of hydrogen-bond acceptors (Lipinski definition) is 4. The molecule has 0 aromatic heterocycles. The van der Waals surface area contributed by atoms with Crippen molar-refractivity contribution in [2.24, 2.45) is 0 Å². The molecule has 0 bridgehead atoms. The highest BCUT2D eigenvalue weighted by Gasteiger charge is 2.19. The number of carbonyl (C=O) groups is 1. The number of amides is 1. The number of nitrogens with one attached hydrogen (secondary N) is 2. The normalized spacial score (nSPS) is 11.5. The van der Waals surface area contributed by atoms with Gasteiger partial charge in [0.15, 0.2) is 6.61 Å². The van der Waals surface area contributed by atoms with Gasteiger partial charge in [0.25, 0.3) is 5.91 Å². The second kappa shape index (κ2) is 10.4. The molecule has 0 aliphatic rings. The third-order valence-electron chi connectivity index (χ3n) is 4.78. The van der Waals surface area contributed by atoms with Gasteiger partial charge in [-0.2, -0.15) is 0 Å². The number of aryl methyl sites for hydroxylation is 1. The van der Waals surface area contributed by atoms with Crippen molar-refractivity contribution in [3.8, 4) is 5.75 Å². The summed E-state index contributed by atoms with van der Waals surface area (Å²) in [6, 6.07) is 23.5. The lowest BCUT2D eigenvalue weighted by molar-refractivity contribution is -0.123. The molecule has 3 aromatic rings. The van der Waals surface area contributed by atoms with Crippen LogP contribution in [0.3, 0.4) is 0 Å². The summed E-state index contributed by atoms with van der Waals surface area (Å²) in [5.41, 5.74) is 2.57. The van der Waals surface area contributed by atoms with Crippen LogP contribution in [0.25, 0.3) is 0 Å². The van der Waals surface area contributed by atoms with E-state index < -0.39 is 10.0 Å². The van der Waals surface area contributed by atoms with Crippen molar-refractivity contribution >= 4 is 15.9 Å². The summed E-state index contributed by atoms with van der Waals surface area (Å²) in [4.78, 5) is 12.9. The fourth-order valence-electron chi connectivity index (χ4n) is 3.33. The van der Waals surface area contributed by atoms with Crippen molar-refractivity contribution in [2.75, 3.05) is 6.61 Å². The molecule has 7 heteroatoms. The van der Waals surface area contributed by atoms with Gasteiger partial charge in [0.1, 0.15) is 5.75 Å². The maximum Gasteiger partial charge on any atom is 0.258 e. The Kier molecular flexibility index (Phi) is 7.66. The van der Waals surface area contributed by atoms with Crippen LogP contribution < -0.4 is 14.8 Å². The highest BCUT2D eigenvalue weighted by Crippen LogP contribution is 2.23. The van der Waals surface area contributed by atoms with E-state index in [4.69, 9.17) is 4.74 Å². The van der Waals surface area contributed by atoms with Crippen LogP contribution in [-0.4, -0.2) is 27.0 Å². The number of ether oxygens (including phenoxy) is 1. The predicted octanol–water partition coefficient (Wildman–Crippen LogP) is 3.97. The molecule has 0 aliphatic carbocycles. The number of hydrogen-bond donors (Lipinski definition) is 2. The Morgan fingerprint density at radius 2 is 1.47 bits per heavy atom. The molecule has 0 radical (unpaired) electrons. The third kappa shape index (κ3) is 6.18. The largest absolute Gasteiger partial charge is 0.484 e. The molecule has 0 atom stereocenters. The molecule has 1 amide bonds. The summed E-state index contributed by atoms with van der Waals surface area (Å²) in [5.74, 6) is 0.180. The van der Waals surface area contributed by atoms with E-state index in [0.29, 0.717) is 11.3 Å². The van der Waals surface area contributed by atoms with Crippen LogP contribution in [0.4, 0.5) is 0 Å². The SMILES string of the molecule is Cc1cc(S(=O)(=O)NC(C)C)ccc1OCC(=O)NC(c1ccccc1)c1ccccc1. The van der Waals surface area contributed by atoms with E-state index in [1.807, 2.05) is 60.7 Å². The molecule has 0 unspecified atom stereocenters. The van der Waals surface area contributed by atoms with Gasteiger partial charge in [-0.25, -0.2) is 13.1 Å². The summed E-state index contributed by atoms with van der Waals surface area (Å²) < 4.78 is 32.9. The topological polar surface area (TPSA) is 84.5 Å². The number of sulfonamides is 1. The number of carbonyl (C=O) groups excluding carboxylic acids is 1. The van der Waals surface area contributed by atoms with Crippen molar-refractivity contribution in [3.63, 3.8) is 0 Å². The van der Waals surface area contributed by atoms with Crippen LogP contribution in [0.1, 0.15) is 36.6 Å². The predicted molar refractivity (Wildman–Crippen MR) is 125 cm³/mol. The Morgan fingerprint density at radius 3 is 1.97 bits per heavy atom. The van der Waals surface area contributed by atoms with Crippen molar-refractivity contribution in [1.29, 1.82) is 0 Å². The van der Waals surface area contributed by atoms with Crippen molar-refractivity contribution in [2.45, 2.75) is 37.8 Å². The summed E-state index contributed by atoms with van der Waals surface area (Å²) in [7, 11) is -3.59. The van der Waals surface area contributed by atoms with E-state index in [2.05, 4.69) is 10.0 Å². The molecule has 3 aromatic carbocycles. The second-order valence-corrected chi connectivity index (χ2v) is 9.53. The highest BCUT2D eigenvalue weighted by molar-refractivity contribution is 7.89. The zero-order valence-electron chi connectivity index (χ0n) is 18.4. The monoisotopic (exact) mass is 452 g/mol. The van der Waals surface area contributed by atoms with Crippen LogP contribution in [0.5, 0.6) is 5.75 Å². The first-order chi connectivity index (χ1) is 15.3. The molecule has 3 rings (SSSR count). The van der Waals surface area contributed by atoms with Gasteiger partial charge in [-0.3, -0.25) is 4.79 Å². The Morgan fingerprint density at radius 1 is 0.906 bits per heavy atom. The average molecular weight is 453 g/mol. The van der Waals surface area contributed by atoms with Gasteiger partial charge in [-0.05, 0) is 55.7 Å². The molecule has 0 saturated carbocycles. The quantitative estimate of drug-likeness (QED) is 0.515. The number of benzene rings is 3. The molecular weight excluding hydrogens is 424 g/mol. The minimum Gasteiger partial charge on any atom is -0.484 e. The molecule has 2 N–H and O–H groups in total. The van der Waals surface area contributed by atoms with E-state index in [9.17, 15) is 13.2 Å². The zero-order chi connectivity index (χ0) is 23.1. The highest BCUT2D eigenvalue weighted by atomic mass is 32.2. The molecule has 6 nitrogen and oxygen atoms in total. The zero-order valence-corrected chi connectivity index (χ0v) is 19.2. The second-order valence-electron chi connectivity index (χ2n) is 7.81. The van der Waals surface area contributed by atoms with Crippen LogP contribution in [-0.2, 0) is 14.8 Å². The van der Waals surface area contributed by atoms with Gasteiger partial charge in [-0.1, -0.05) is 60.7 Å². The maximum atomic E-state index is 12.7. The first-order valence-electron chi connectivity index (χ1n) is 10.4. The first-order valence-corrected chi connectivity index (χ1v) is 11.9. The lowest BCUT2D eigenvalue weighted by Crippen LogP contribution is -2.33. The Bertz CT molecular complexity index is 1110. The molecule has 168 valence electrons. The van der Waals surface area contributed by atoms with E-state index in [1.165, 1.54) is 12.1 Å². The lowest BCUT2D eigenvalue weighted by Gasteiger charge is -2.20. The van der Waals surface area contributed by atoms with Crippen molar-refractivity contribution in [3.05, 3.63) is 95.6 Å². The van der Waals surface area contributed by atoms with Crippen LogP contribution in [0.15, 0.2) is 83.8 Å². The van der Waals surface area contributed by atoms with Gasteiger partial charge in [0.2, 0.25) is 10.0 Å². The first kappa shape index (κ1) is 23.5. The van der Waals surface area contributed by atoms with Crippen LogP contribution >= 0.6 is 0 Å². The summed E-state index contributed by atoms with van der Waals surface area (Å²) >= 11 is 0. The summed E-state index contributed by atoms with van der Waals surface area (Å²) in [6.45, 7) is 5.09. The maximum absolute atomic E-state index is 12.7. The minimum atomic E-state index is -3.59. The van der Waals surface area contributed by atoms with Crippen LogP contribution in [0.2, 0.25) is 0 Å². The number of rotatable bonds is 9. The summed E-state index contributed by atoms with van der Waals surface area (Å²) in [5, 5.41) is 3.03. The van der Waals surface area contributed by atoms with E-state index in [-0.39, 0.29) is 29.5 Å². The van der Waals surface area contributed by atoms with Gasteiger partial charge in [-0.15, -0.1) is 0 Å². The smallest absolute Gasteiger partial charge is 0.258 e. The summed E-state index contributed by atoms with van der Waals surface area (Å²) in [6.07, 6.45) is 0. The van der Waals surface area contributed by atoms with Gasteiger partial charge in [0, 0.05) is 6.04 Å². The fourth-order valence-corrected chi connectivity index (χ4v) is 4.66. The molecule has 0 spiro atoms. The molecular formula is C25H28N2O4S. The van der Waals surface area contributed by atoms with Gasteiger partial charge in [0.05, 0.1) is 10.9 Å². The van der Waals surface area contributed by atoms with Gasteiger partial charge < -0.3 is 10.1 Å². The van der Waals surface area contributed by atoms with Crippen LogP contribution in [0, 0.1) is 6.92 Å². The minimum absolute atomic E-state index is 0.161. The van der Waals surface area contributed by atoms with E-state index >= 15 is 0 Å². The van der Waals surface area contributed by atoms with E-state index in [1.54, 1.807) is 26.8 Å². The third-order valence-corrected chi connectivity index (χ3v) is 6.43. The van der Waals surface area contributed by atoms with E-state index in [0.717, 1.165) is 11.1 Å². The van der Waals surface area contributed by atoms with Crippen molar-refractivity contribution < 1.29 is 17.9 Å². The Hall–Kier alpha value is -3.16. The lowest BCUT2D eigenvalue weighted by atomic mass is 9.99. The van der Waals surface area contributed by atoms with Crippen molar-refractivity contribution in [1.82, 2.24) is 10.0 Å². The molecule has 0 fully saturated rings.